The summed E-state index contributed by atoms with van der Waals surface area (Å²) >= 11 is 0. The first-order valence-electron chi connectivity index (χ1n) is 12.5. The van der Waals surface area contributed by atoms with Crippen LogP contribution < -0.4 is 5.11 Å². The van der Waals surface area contributed by atoms with Gasteiger partial charge in [0.25, 0.3) is 0 Å². The van der Waals surface area contributed by atoms with E-state index in [0.717, 1.165) is 23.8 Å². The summed E-state index contributed by atoms with van der Waals surface area (Å²) in [5, 5.41) is 9.78. The second-order valence-electron chi connectivity index (χ2n) is 10.0. The standard InChI is InChI=1S/C12H20O4.C11H12O2.C7H10O4/c1-11(2,3)15-9(13)7-8-10(14)16-12(4,5)6;1-2-13-11(12)9-8-10-6-4-3-5-7-10;1-5(2)11-7(10)4-3-6(8)9/h7-8H,1-6H3;3-9H,2H2,1H3;3-5H,1-2H3,(H,8,9)/p-1/b8-7+;;4-3+. The summed E-state index contributed by atoms with van der Waals surface area (Å²) in [6, 6.07) is 9.63. The first kappa shape index (κ1) is 37.9. The summed E-state index contributed by atoms with van der Waals surface area (Å²) in [4.78, 5) is 53.7. The minimum Gasteiger partial charge on any atom is -0.545 e. The zero-order valence-electron chi connectivity index (χ0n) is 24.7. The Balaban J connectivity index is 0. The van der Waals surface area contributed by atoms with E-state index in [1.54, 1.807) is 68.4 Å². The summed E-state index contributed by atoms with van der Waals surface area (Å²) in [6.45, 7) is 16.1. The number of carboxylic acids is 1. The van der Waals surface area contributed by atoms with Crippen molar-refractivity contribution in [3.8, 4) is 0 Å². The molecule has 0 atom stereocenters. The van der Waals surface area contributed by atoms with Crippen molar-refractivity contribution in [1.29, 1.82) is 0 Å². The molecule has 222 valence electrons. The quantitative estimate of drug-likeness (QED) is 0.261. The Morgan fingerprint density at radius 3 is 1.55 bits per heavy atom. The van der Waals surface area contributed by atoms with Gasteiger partial charge in [0, 0.05) is 24.3 Å². The van der Waals surface area contributed by atoms with Crippen LogP contribution in [0.25, 0.3) is 6.08 Å². The van der Waals surface area contributed by atoms with Gasteiger partial charge < -0.3 is 28.8 Å². The summed E-state index contributed by atoms with van der Waals surface area (Å²) < 4.78 is 19.3. The second kappa shape index (κ2) is 19.8. The number of hydrogen-bond donors (Lipinski definition) is 0. The lowest BCUT2D eigenvalue weighted by atomic mass is 10.2. The number of hydrogen-bond acceptors (Lipinski definition) is 10. The lowest BCUT2D eigenvalue weighted by Crippen LogP contribution is -2.24. The second-order valence-corrected chi connectivity index (χ2v) is 10.0. The molecule has 1 rings (SSSR count). The highest BCUT2D eigenvalue weighted by atomic mass is 16.6. The number of esters is 4. The number of carbonyl (C=O) groups is 5. The molecule has 0 amide bonds. The number of benzene rings is 1. The molecule has 40 heavy (non-hydrogen) atoms. The predicted molar refractivity (Wildman–Crippen MR) is 148 cm³/mol. The number of ether oxygens (including phenoxy) is 4. The summed E-state index contributed by atoms with van der Waals surface area (Å²) in [7, 11) is 0. The molecule has 0 saturated heterocycles. The maximum atomic E-state index is 11.2. The molecule has 10 heteroatoms. The third-order valence-corrected chi connectivity index (χ3v) is 3.37. The Bertz CT molecular complexity index is 991. The van der Waals surface area contributed by atoms with Gasteiger partial charge in [0.1, 0.15) is 11.2 Å². The molecule has 0 spiro atoms. The van der Waals surface area contributed by atoms with E-state index in [1.807, 2.05) is 30.3 Å². The molecule has 0 unspecified atom stereocenters. The molecule has 0 N–H and O–H groups in total. The fourth-order valence-corrected chi connectivity index (χ4v) is 2.13. The van der Waals surface area contributed by atoms with E-state index in [0.29, 0.717) is 12.7 Å². The van der Waals surface area contributed by atoms with Crippen LogP contribution in [-0.4, -0.2) is 53.8 Å². The van der Waals surface area contributed by atoms with Crippen molar-refractivity contribution >= 4 is 35.9 Å². The number of aliphatic carboxylic acids is 1. The fourth-order valence-electron chi connectivity index (χ4n) is 2.13. The number of carbonyl (C=O) groups excluding carboxylic acids is 5. The number of carboxylic acid groups (broad SMARTS) is 1. The van der Waals surface area contributed by atoms with E-state index in [2.05, 4.69) is 4.74 Å². The normalized spacial score (nSPS) is 11.2. The average Bonchev–Trinajstić information content (AvgIpc) is 2.79. The van der Waals surface area contributed by atoms with Gasteiger partial charge in [-0.2, -0.15) is 0 Å². The van der Waals surface area contributed by atoms with Gasteiger partial charge in [0.05, 0.1) is 18.7 Å². The molecule has 1 aromatic rings. The highest BCUT2D eigenvalue weighted by Gasteiger charge is 2.16. The SMILES string of the molecule is CC(C)(C)OC(=O)/C=C/C(=O)OC(C)(C)C.CC(C)OC(=O)/C=C/C(=O)[O-].CCOC(=O)C=Cc1ccccc1. The predicted octanol–water partition coefficient (Wildman–Crippen LogP) is 3.73. The maximum Gasteiger partial charge on any atom is 0.331 e. The van der Waals surface area contributed by atoms with Crippen molar-refractivity contribution in [2.75, 3.05) is 6.61 Å². The third-order valence-electron chi connectivity index (χ3n) is 3.37. The Labute approximate surface area is 236 Å². The lowest BCUT2D eigenvalue weighted by molar-refractivity contribution is -0.297. The molecule has 1 aromatic carbocycles. The monoisotopic (exact) mass is 561 g/mol. The van der Waals surface area contributed by atoms with Gasteiger partial charge in [-0.05, 0) is 80.0 Å². The van der Waals surface area contributed by atoms with Crippen molar-refractivity contribution < 1.29 is 48.0 Å². The largest absolute Gasteiger partial charge is 0.545 e. The minimum absolute atomic E-state index is 0.242. The Morgan fingerprint density at radius 1 is 0.725 bits per heavy atom. The topological polar surface area (TPSA) is 145 Å². The summed E-state index contributed by atoms with van der Waals surface area (Å²) in [5.41, 5.74) is -0.124. The van der Waals surface area contributed by atoms with Gasteiger partial charge in [-0.1, -0.05) is 30.3 Å². The molecular weight excluding hydrogens is 520 g/mol. The first-order valence-corrected chi connectivity index (χ1v) is 12.5. The van der Waals surface area contributed by atoms with Crippen LogP contribution >= 0.6 is 0 Å². The molecule has 0 fully saturated rings. The molecule has 10 nitrogen and oxygen atoms in total. The number of rotatable bonds is 8. The van der Waals surface area contributed by atoms with Crippen LogP contribution in [0.5, 0.6) is 0 Å². The van der Waals surface area contributed by atoms with E-state index in [4.69, 9.17) is 14.2 Å². The minimum atomic E-state index is -1.41. The van der Waals surface area contributed by atoms with Gasteiger partial charge in [-0.3, -0.25) is 0 Å². The smallest absolute Gasteiger partial charge is 0.331 e. The van der Waals surface area contributed by atoms with Crippen LogP contribution in [0.4, 0.5) is 0 Å². The molecule has 0 saturated carbocycles. The van der Waals surface area contributed by atoms with Crippen molar-refractivity contribution in [3.05, 3.63) is 66.3 Å². The van der Waals surface area contributed by atoms with Crippen LogP contribution in [0.15, 0.2) is 60.7 Å². The molecular formula is C30H41O10-. The van der Waals surface area contributed by atoms with Crippen LogP contribution in [0.1, 0.15) is 67.9 Å². The highest BCUT2D eigenvalue weighted by Crippen LogP contribution is 2.09. The zero-order chi connectivity index (χ0) is 31.4. The molecule has 0 aliphatic heterocycles. The summed E-state index contributed by atoms with van der Waals surface area (Å²) in [6.07, 6.45) is 6.50. The molecule has 0 heterocycles. The Morgan fingerprint density at radius 2 is 1.18 bits per heavy atom. The van der Waals surface area contributed by atoms with Gasteiger partial charge in [-0.25, -0.2) is 19.2 Å². The highest BCUT2D eigenvalue weighted by molar-refractivity contribution is 5.92. The molecule has 0 radical (unpaired) electrons. The molecule has 0 aliphatic carbocycles. The van der Waals surface area contributed by atoms with Gasteiger partial charge in [0.2, 0.25) is 0 Å². The van der Waals surface area contributed by atoms with Gasteiger partial charge in [-0.15, -0.1) is 0 Å². The van der Waals surface area contributed by atoms with E-state index >= 15 is 0 Å². The average molecular weight is 562 g/mol. The molecule has 0 aromatic heterocycles. The van der Waals surface area contributed by atoms with Crippen LogP contribution in [0.3, 0.4) is 0 Å². The zero-order valence-corrected chi connectivity index (χ0v) is 24.7. The van der Waals surface area contributed by atoms with Gasteiger partial charge >= 0.3 is 23.9 Å². The molecule has 0 bridgehead atoms. The van der Waals surface area contributed by atoms with Crippen molar-refractivity contribution in [2.24, 2.45) is 0 Å². The van der Waals surface area contributed by atoms with Crippen LogP contribution in [0, 0.1) is 0 Å². The van der Waals surface area contributed by atoms with Gasteiger partial charge in [0.15, 0.2) is 0 Å². The van der Waals surface area contributed by atoms with Crippen LogP contribution in [0.2, 0.25) is 0 Å². The van der Waals surface area contributed by atoms with E-state index in [9.17, 15) is 29.1 Å². The maximum absolute atomic E-state index is 11.2. The van der Waals surface area contributed by atoms with Crippen molar-refractivity contribution in [1.82, 2.24) is 0 Å². The summed E-state index contributed by atoms with van der Waals surface area (Å²) in [5.74, 6) is -3.50. The van der Waals surface area contributed by atoms with E-state index < -0.39 is 35.1 Å². The van der Waals surface area contributed by atoms with Crippen LogP contribution in [-0.2, 0) is 42.9 Å². The Hall–Kier alpha value is -4.21. The lowest BCUT2D eigenvalue weighted by Gasteiger charge is -2.19. The third kappa shape index (κ3) is 28.4. The molecule has 0 aliphatic rings. The Kier molecular flexibility index (Phi) is 18.8. The van der Waals surface area contributed by atoms with Crippen molar-refractivity contribution in [3.63, 3.8) is 0 Å². The van der Waals surface area contributed by atoms with Crippen molar-refractivity contribution in [2.45, 2.75) is 79.6 Å². The first-order chi connectivity index (χ1) is 18.3. The fraction of sp³-hybridized carbons (Fsp3) is 0.433. The van der Waals surface area contributed by atoms with E-state index in [1.165, 1.54) is 6.08 Å². The van der Waals surface area contributed by atoms with E-state index in [-0.39, 0.29) is 12.1 Å².